The fourth-order valence-corrected chi connectivity index (χ4v) is 3.23. The van der Waals surface area contributed by atoms with E-state index < -0.39 is 0 Å². The molecule has 0 spiro atoms. The number of piperidine rings is 1. The molecule has 3 rings (SSSR count). The second kappa shape index (κ2) is 8.01. The van der Waals surface area contributed by atoms with Crippen LogP contribution in [0.3, 0.4) is 0 Å². The molecule has 2 amide bonds. The molecule has 0 unspecified atom stereocenters. The zero-order valence-electron chi connectivity index (χ0n) is 14.5. The molecule has 5 heteroatoms. The molecule has 1 saturated heterocycles. The maximum Gasteiger partial charge on any atom is 0.287 e. The van der Waals surface area contributed by atoms with Gasteiger partial charge in [-0.05, 0) is 49.4 Å². The van der Waals surface area contributed by atoms with Crippen molar-refractivity contribution in [2.24, 2.45) is 0 Å². The number of hydrogen-bond donors (Lipinski definition) is 1. The van der Waals surface area contributed by atoms with Gasteiger partial charge in [0.05, 0.1) is 6.26 Å². The summed E-state index contributed by atoms with van der Waals surface area (Å²) < 4.78 is 5.10. The molecule has 25 heavy (non-hydrogen) atoms. The van der Waals surface area contributed by atoms with Gasteiger partial charge < -0.3 is 14.6 Å². The van der Waals surface area contributed by atoms with Crippen LogP contribution in [0.2, 0.25) is 0 Å². The summed E-state index contributed by atoms with van der Waals surface area (Å²) in [6.07, 6.45) is 4.37. The quantitative estimate of drug-likeness (QED) is 0.910. The Morgan fingerprint density at radius 3 is 2.60 bits per heavy atom. The van der Waals surface area contributed by atoms with E-state index >= 15 is 0 Å². The number of benzene rings is 1. The first-order valence-electron chi connectivity index (χ1n) is 8.80. The molecule has 0 bridgehead atoms. The molecule has 5 nitrogen and oxygen atoms in total. The Labute approximate surface area is 148 Å². The zero-order chi connectivity index (χ0) is 17.6. The van der Waals surface area contributed by atoms with E-state index in [0.29, 0.717) is 25.3 Å². The average Bonchev–Trinajstić information content (AvgIpc) is 3.16. The highest BCUT2D eigenvalue weighted by Gasteiger charge is 2.24. The highest BCUT2D eigenvalue weighted by atomic mass is 16.3. The smallest absolute Gasteiger partial charge is 0.287 e. The van der Waals surface area contributed by atoms with Crippen LogP contribution < -0.4 is 5.32 Å². The van der Waals surface area contributed by atoms with Crippen molar-refractivity contribution >= 4 is 11.8 Å². The Kier molecular flexibility index (Phi) is 5.53. The first kappa shape index (κ1) is 17.3. The molecule has 1 fully saturated rings. The highest BCUT2D eigenvalue weighted by molar-refractivity contribution is 5.91. The summed E-state index contributed by atoms with van der Waals surface area (Å²) in [6, 6.07) is 11.6. The molecule has 2 aromatic rings. The predicted octanol–water partition coefficient (Wildman–Crippen LogP) is 2.94. The van der Waals surface area contributed by atoms with Crippen LogP contribution in [-0.4, -0.2) is 35.8 Å². The van der Waals surface area contributed by atoms with Gasteiger partial charge in [0.1, 0.15) is 0 Å². The Bertz CT molecular complexity index is 716. The number of carbonyl (C=O) groups excluding carboxylic acids is 2. The van der Waals surface area contributed by atoms with E-state index in [2.05, 4.69) is 24.4 Å². The Morgan fingerprint density at radius 2 is 1.92 bits per heavy atom. The Morgan fingerprint density at radius 1 is 1.16 bits per heavy atom. The van der Waals surface area contributed by atoms with Crippen molar-refractivity contribution in [3.05, 3.63) is 59.5 Å². The van der Waals surface area contributed by atoms with Crippen molar-refractivity contribution < 1.29 is 14.0 Å². The third-order valence-corrected chi connectivity index (χ3v) is 4.80. The van der Waals surface area contributed by atoms with E-state index in [4.69, 9.17) is 4.42 Å². The number of rotatable bonds is 5. The van der Waals surface area contributed by atoms with Crippen LogP contribution in [0.4, 0.5) is 0 Å². The maximum absolute atomic E-state index is 12.4. The summed E-state index contributed by atoms with van der Waals surface area (Å²) in [4.78, 5) is 26.3. The lowest BCUT2D eigenvalue weighted by molar-refractivity contribution is -0.132. The molecule has 0 radical (unpaired) electrons. The van der Waals surface area contributed by atoms with Gasteiger partial charge in [0, 0.05) is 25.6 Å². The van der Waals surface area contributed by atoms with Crippen LogP contribution in [0.15, 0.2) is 47.1 Å². The average molecular weight is 340 g/mol. The van der Waals surface area contributed by atoms with Crippen LogP contribution in [0.1, 0.15) is 40.9 Å². The number of furan rings is 1. The minimum atomic E-state index is -0.186. The monoisotopic (exact) mass is 340 g/mol. The predicted molar refractivity (Wildman–Crippen MR) is 95.3 cm³/mol. The molecular formula is C20H24N2O3. The van der Waals surface area contributed by atoms with Crippen LogP contribution in [0.5, 0.6) is 0 Å². The fraction of sp³-hybridized carbons (Fsp3) is 0.400. The first-order valence-corrected chi connectivity index (χ1v) is 8.80. The zero-order valence-corrected chi connectivity index (χ0v) is 14.5. The lowest BCUT2D eigenvalue weighted by Gasteiger charge is -2.32. The molecule has 0 aliphatic carbocycles. The van der Waals surface area contributed by atoms with E-state index in [1.165, 1.54) is 17.4 Å². The Hall–Kier alpha value is -2.56. The summed E-state index contributed by atoms with van der Waals surface area (Å²) in [5.74, 6) is 0.338. The van der Waals surface area contributed by atoms with Gasteiger partial charge in [0.2, 0.25) is 5.91 Å². The summed E-state index contributed by atoms with van der Waals surface area (Å²) in [7, 11) is 0. The molecule has 1 N–H and O–H groups in total. The molecule has 132 valence electrons. The summed E-state index contributed by atoms with van der Waals surface area (Å²) in [5.41, 5.74) is 2.46. The van der Waals surface area contributed by atoms with Gasteiger partial charge in [0.15, 0.2) is 5.76 Å². The molecular weight excluding hydrogens is 316 g/mol. The number of nitrogens with one attached hydrogen (secondary N) is 1. The van der Waals surface area contributed by atoms with Gasteiger partial charge in [-0.2, -0.15) is 0 Å². The van der Waals surface area contributed by atoms with Crippen molar-refractivity contribution in [1.29, 1.82) is 0 Å². The van der Waals surface area contributed by atoms with E-state index in [9.17, 15) is 9.59 Å². The first-order chi connectivity index (χ1) is 12.1. The largest absolute Gasteiger partial charge is 0.459 e. The number of hydrogen-bond acceptors (Lipinski definition) is 3. The van der Waals surface area contributed by atoms with E-state index in [-0.39, 0.29) is 17.9 Å². The lowest BCUT2D eigenvalue weighted by atomic mass is 10.0. The minimum absolute atomic E-state index is 0.0954. The molecule has 1 aliphatic rings. The SMILES string of the molecule is Cc1ccccc1CCC(=O)N1CCC(NC(=O)c2ccco2)CC1. The van der Waals surface area contributed by atoms with Crippen molar-refractivity contribution in [2.75, 3.05) is 13.1 Å². The highest BCUT2D eigenvalue weighted by Crippen LogP contribution is 2.15. The van der Waals surface area contributed by atoms with Crippen LogP contribution >= 0.6 is 0 Å². The minimum Gasteiger partial charge on any atom is -0.459 e. The molecule has 1 aromatic carbocycles. The van der Waals surface area contributed by atoms with Crippen molar-refractivity contribution in [3.8, 4) is 0 Å². The molecule has 2 heterocycles. The number of carbonyl (C=O) groups is 2. The maximum atomic E-state index is 12.4. The fourth-order valence-electron chi connectivity index (χ4n) is 3.23. The number of nitrogens with zero attached hydrogens (tertiary/aromatic N) is 1. The molecule has 0 saturated carbocycles. The van der Waals surface area contributed by atoms with Gasteiger partial charge >= 0.3 is 0 Å². The third kappa shape index (κ3) is 4.50. The van der Waals surface area contributed by atoms with Crippen molar-refractivity contribution in [1.82, 2.24) is 10.2 Å². The van der Waals surface area contributed by atoms with Crippen LogP contribution in [0, 0.1) is 6.92 Å². The molecule has 0 atom stereocenters. The molecule has 1 aromatic heterocycles. The number of likely N-dealkylation sites (tertiary alicyclic amines) is 1. The topological polar surface area (TPSA) is 62.6 Å². The van der Waals surface area contributed by atoms with Gasteiger partial charge in [-0.25, -0.2) is 0 Å². The molecule has 1 aliphatic heterocycles. The number of amides is 2. The third-order valence-electron chi connectivity index (χ3n) is 4.80. The van der Waals surface area contributed by atoms with Gasteiger partial charge in [0.25, 0.3) is 5.91 Å². The normalized spacial score (nSPS) is 15.2. The standard InChI is InChI=1S/C20H24N2O3/c1-15-5-2-3-6-16(15)8-9-19(23)22-12-10-17(11-13-22)21-20(24)18-7-4-14-25-18/h2-7,14,17H,8-13H2,1H3,(H,21,24). The van der Waals surface area contributed by atoms with Gasteiger partial charge in [-0.3, -0.25) is 9.59 Å². The summed E-state index contributed by atoms with van der Waals surface area (Å²) in [6.45, 7) is 3.46. The second-order valence-corrected chi connectivity index (χ2v) is 6.53. The number of aryl methyl sites for hydroxylation is 2. The van der Waals surface area contributed by atoms with Crippen LogP contribution in [0.25, 0.3) is 0 Å². The summed E-state index contributed by atoms with van der Waals surface area (Å²) in [5, 5.41) is 2.98. The van der Waals surface area contributed by atoms with E-state index in [1.807, 2.05) is 17.0 Å². The van der Waals surface area contributed by atoms with Crippen molar-refractivity contribution in [2.45, 2.75) is 38.6 Å². The lowest BCUT2D eigenvalue weighted by Crippen LogP contribution is -2.46. The van der Waals surface area contributed by atoms with E-state index in [1.54, 1.807) is 12.1 Å². The van der Waals surface area contributed by atoms with Crippen LogP contribution in [-0.2, 0) is 11.2 Å². The second-order valence-electron chi connectivity index (χ2n) is 6.53. The van der Waals surface area contributed by atoms with Crippen molar-refractivity contribution in [3.63, 3.8) is 0 Å². The van der Waals surface area contributed by atoms with Gasteiger partial charge in [-0.1, -0.05) is 24.3 Å². The van der Waals surface area contributed by atoms with E-state index in [0.717, 1.165) is 19.3 Å². The summed E-state index contributed by atoms with van der Waals surface area (Å²) >= 11 is 0. The van der Waals surface area contributed by atoms with Gasteiger partial charge in [-0.15, -0.1) is 0 Å². The Balaban J connectivity index is 1.43.